The van der Waals surface area contributed by atoms with Gasteiger partial charge in [-0.25, -0.2) is 14.4 Å². The molecule has 9 heteroatoms. The van der Waals surface area contributed by atoms with E-state index in [1.54, 1.807) is 11.0 Å². The average molecular weight is 586 g/mol. The number of nitrogens with one attached hydrogen (secondary N) is 1. The second kappa shape index (κ2) is 11.1. The van der Waals surface area contributed by atoms with Crippen molar-refractivity contribution in [1.29, 1.82) is 0 Å². The number of fused-ring (bicyclic) bond motifs is 3. The van der Waals surface area contributed by atoms with Crippen LogP contribution < -0.4 is 0 Å². The van der Waals surface area contributed by atoms with Crippen LogP contribution >= 0.6 is 0 Å². The molecule has 2 heterocycles. The number of aromatic nitrogens is 1. The highest BCUT2D eigenvalue weighted by Crippen LogP contribution is 2.47. The first-order chi connectivity index (χ1) is 20.6. The van der Waals surface area contributed by atoms with Crippen LogP contribution in [0.5, 0.6) is 0 Å². The molecule has 1 aromatic heterocycles. The number of carboxylic acids is 1. The van der Waals surface area contributed by atoms with Crippen LogP contribution in [0.2, 0.25) is 0 Å². The van der Waals surface area contributed by atoms with E-state index in [0.717, 1.165) is 47.9 Å². The summed E-state index contributed by atoms with van der Waals surface area (Å²) in [6.07, 6.45) is 3.15. The minimum atomic E-state index is -1.07. The average Bonchev–Trinajstić information content (AvgIpc) is 3.76. The third-order valence-electron chi connectivity index (χ3n) is 9.13. The largest absolute Gasteiger partial charge is 0.477 e. The van der Waals surface area contributed by atoms with E-state index in [0.29, 0.717) is 18.7 Å². The number of rotatable bonds is 6. The van der Waals surface area contributed by atoms with Gasteiger partial charge in [0.25, 0.3) is 0 Å². The normalized spacial score (nSPS) is 18.9. The summed E-state index contributed by atoms with van der Waals surface area (Å²) in [5.74, 6) is -1.16. The summed E-state index contributed by atoms with van der Waals surface area (Å²) in [6, 6.07) is 19.3. The van der Waals surface area contributed by atoms with Crippen LogP contribution in [-0.2, 0) is 16.0 Å². The monoisotopic (exact) mass is 585 g/mol. The number of hydrogen-bond donors (Lipinski definition) is 2. The van der Waals surface area contributed by atoms with E-state index in [1.807, 2.05) is 49.9 Å². The molecular weight excluding hydrogens is 546 g/mol. The summed E-state index contributed by atoms with van der Waals surface area (Å²) in [6.45, 7) is 6.34. The molecule has 1 atom stereocenters. The summed E-state index contributed by atoms with van der Waals surface area (Å²) in [4.78, 5) is 45.6. The van der Waals surface area contributed by atoms with Gasteiger partial charge < -0.3 is 24.5 Å². The van der Waals surface area contributed by atoms with Gasteiger partial charge in [-0.1, -0.05) is 61.4 Å². The van der Waals surface area contributed by atoms with Crippen molar-refractivity contribution in [2.75, 3.05) is 13.2 Å². The Hall–Kier alpha value is -4.27. The van der Waals surface area contributed by atoms with Gasteiger partial charge in [0, 0.05) is 18.2 Å². The molecule has 1 spiro atoms. The van der Waals surface area contributed by atoms with Crippen LogP contribution in [0.1, 0.15) is 86.1 Å². The molecule has 0 bridgehead atoms. The van der Waals surface area contributed by atoms with Gasteiger partial charge in [-0.05, 0) is 74.4 Å². The Kier molecular flexibility index (Phi) is 7.44. The van der Waals surface area contributed by atoms with Crippen LogP contribution in [0.15, 0.2) is 60.7 Å². The maximum atomic E-state index is 14.1. The lowest BCUT2D eigenvalue weighted by atomic mass is 9.88. The van der Waals surface area contributed by atoms with E-state index in [2.05, 4.69) is 29.2 Å². The van der Waals surface area contributed by atoms with Crippen molar-refractivity contribution in [3.8, 4) is 11.1 Å². The fourth-order valence-corrected chi connectivity index (χ4v) is 7.37. The lowest BCUT2D eigenvalue weighted by molar-refractivity contribution is -0.00606. The second-order valence-corrected chi connectivity index (χ2v) is 12.9. The predicted octanol–water partition coefficient (Wildman–Crippen LogP) is 6.79. The molecule has 1 unspecified atom stereocenters. The predicted molar refractivity (Wildman–Crippen MR) is 161 cm³/mol. The molecule has 1 aliphatic heterocycles. The number of carbonyl (C=O) groups excluding carboxylic acids is 2. The Morgan fingerprint density at radius 3 is 2.19 bits per heavy atom. The van der Waals surface area contributed by atoms with Gasteiger partial charge in [0.05, 0.1) is 18.1 Å². The molecule has 1 saturated carbocycles. The Labute approximate surface area is 251 Å². The zero-order valence-electron chi connectivity index (χ0n) is 25.0. The number of aromatic carboxylic acids is 1. The maximum Gasteiger partial charge on any atom is 0.410 e. The topological polar surface area (TPSA) is 112 Å². The number of carboxylic acid groups (broad SMARTS) is 1. The Morgan fingerprint density at radius 1 is 0.977 bits per heavy atom. The van der Waals surface area contributed by atoms with Gasteiger partial charge >= 0.3 is 18.2 Å². The number of benzene rings is 2. The van der Waals surface area contributed by atoms with E-state index >= 15 is 0 Å². The smallest absolute Gasteiger partial charge is 0.410 e. The zero-order chi connectivity index (χ0) is 30.4. The van der Waals surface area contributed by atoms with Gasteiger partial charge in [0.2, 0.25) is 0 Å². The molecule has 1 saturated heterocycles. The summed E-state index contributed by atoms with van der Waals surface area (Å²) in [5.41, 5.74) is 3.99. The van der Waals surface area contributed by atoms with Gasteiger partial charge in [-0.3, -0.25) is 4.90 Å². The lowest BCUT2D eigenvalue weighted by Crippen LogP contribution is -2.58. The van der Waals surface area contributed by atoms with Crippen molar-refractivity contribution in [2.24, 2.45) is 0 Å². The highest BCUT2D eigenvalue weighted by Gasteiger charge is 2.56. The molecule has 3 aliphatic rings. The molecule has 0 radical (unpaired) electrons. The molecule has 2 fully saturated rings. The first kappa shape index (κ1) is 28.8. The highest BCUT2D eigenvalue weighted by atomic mass is 16.6. The van der Waals surface area contributed by atoms with E-state index in [4.69, 9.17) is 9.47 Å². The second-order valence-electron chi connectivity index (χ2n) is 12.9. The molecule has 2 N–H and O–H groups in total. The maximum absolute atomic E-state index is 14.1. The molecule has 2 aliphatic carbocycles. The van der Waals surface area contributed by atoms with Crippen LogP contribution in [0.3, 0.4) is 0 Å². The Bertz CT molecular complexity index is 1490. The van der Waals surface area contributed by atoms with Crippen molar-refractivity contribution in [3.63, 3.8) is 0 Å². The lowest BCUT2D eigenvalue weighted by Gasteiger charge is -2.43. The van der Waals surface area contributed by atoms with Gasteiger partial charge in [0.15, 0.2) is 0 Å². The van der Waals surface area contributed by atoms with Crippen molar-refractivity contribution in [3.05, 3.63) is 83.2 Å². The van der Waals surface area contributed by atoms with Crippen LogP contribution in [0.4, 0.5) is 9.59 Å². The first-order valence-electron chi connectivity index (χ1n) is 15.1. The highest BCUT2D eigenvalue weighted by molar-refractivity contribution is 5.85. The van der Waals surface area contributed by atoms with Gasteiger partial charge in [0.1, 0.15) is 17.9 Å². The third-order valence-corrected chi connectivity index (χ3v) is 9.13. The number of likely N-dealkylation sites (tertiary alicyclic amines) is 1. The zero-order valence-corrected chi connectivity index (χ0v) is 25.0. The summed E-state index contributed by atoms with van der Waals surface area (Å²) < 4.78 is 11.9. The van der Waals surface area contributed by atoms with E-state index in [9.17, 15) is 19.5 Å². The number of nitrogens with zero attached hydrogens (tertiary/aromatic N) is 2. The molecular formula is C34H39N3O6. The minimum Gasteiger partial charge on any atom is -0.477 e. The molecule has 226 valence electrons. The third kappa shape index (κ3) is 5.37. The first-order valence-corrected chi connectivity index (χ1v) is 15.1. The number of hydrogen-bond acceptors (Lipinski definition) is 5. The van der Waals surface area contributed by atoms with Crippen molar-refractivity contribution in [1.82, 2.24) is 14.8 Å². The summed E-state index contributed by atoms with van der Waals surface area (Å²) in [5, 5.41) is 9.48. The van der Waals surface area contributed by atoms with Crippen molar-refractivity contribution >= 4 is 18.2 Å². The molecule has 6 rings (SSSR count). The summed E-state index contributed by atoms with van der Waals surface area (Å²) >= 11 is 0. The van der Waals surface area contributed by atoms with Gasteiger partial charge in [-0.15, -0.1) is 0 Å². The van der Waals surface area contributed by atoms with E-state index < -0.39 is 23.2 Å². The number of ether oxygens (including phenoxy) is 2. The molecule has 9 nitrogen and oxygen atoms in total. The van der Waals surface area contributed by atoms with Crippen LogP contribution in [-0.4, -0.2) is 68.4 Å². The molecule has 2 amide bonds. The van der Waals surface area contributed by atoms with Crippen molar-refractivity contribution in [2.45, 2.75) is 82.5 Å². The fourth-order valence-electron chi connectivity index (χ4n) is 7.37. The number of carbonyl (C=O) groups is 3. The Balaban J connectivity index is 1.29. The quantitative estimate of drug-likeness (QED) is 0.330. The standard InChI is InChI=1S/C34H39N3O6/c1-33(2,3)43-32(41)37-19-16-29(34(37)17-8-9-18-34)36(20-22-14-15-28(35-22)30(38)39)31(40)42-21-27-25-12-6-4-10-23(25)24-11-5-7-13-26(24)27/h4-7,10-15,27,29,35H,8-9,16-21H2,1-3H3,(H,38,39). The number of H-pyrrole nitrogens is 1. The molecule has 43 heavy (non-hydrogen) atoms. The fraction of sp³-hybridized carbons (Fsp3) is 0.441. The van der Waals surface area contributed by atoms with Crippen molar-refractivity contribution < 1.29 is 29.0 Å². The van der Waals surface area contributed by atoms with E-state index in [1.165, 1.54) is 6.07 Å². The number of amides is 2. The minimum absolute atomic E-state index is 0.0554. The van der Waals surface area contributed by atoms with E-state index in [-0.39, 0.29) is 36.9 Å². The van der Waals surface area contributed by atoms with Crippen LogP contribution in [0.25, 0.3) is 11.1 Å². The SMILES string of the molecule is CC(C)(C)OC(=O)N1CCC(N(Cc2ccc(C(=O)O)[nH]2)C(=O)OCC2c3ccccc3-c3ccccc32)C12CCCC2. The molecule has 3 aromatic rings. The Morgan fingerprint density at radius 2 is 1.60 bits per heavy atom. The van der Waals surface area contributed by atoms with Gasteiger partial charge in [-0.2, -0.15) is 0 Å². The molecule has 2 aromatic carbocycles. The number of aromatic amines is 1. The summed E-state index contributed by atoms with van der Waals surface area (Å²) in [7, 11) is 0. The van der Waals surface area contributed by atoms with Crippen LogP contribution in [0, 0.1) is 0 Å².